The van der Waals surface area contributed by atoms with Gasteiger partial charge in [-0.2, -0.15) is 4.31 Å². The number of rotatable bonds is 4. The highest BCUT2D eigenvalue weighted by molar-refractivity contribution is 7.89. The molecule has 0 atom stereocenters. The molecule has 7 heteroatoms. The lowest BCUT2D eigenvalue weighted by Crippen LogP contribution is -2.27. The highest BCUT2D eigenvalue weighted by atomic mass is 32.2. The van der Waals surface area contributed by atoms with E-state index >= 15 is 0 Å². The van der Waals surface area contributed by atoms with Gasteiger partial charge in [0, 0.05) is 19.3 Å². The molecule has 21 heavy (non-hydrogen) atoms. The fourth-order valence-electron chi connectivity index (χ4n) is 1.88. The number of benzene rings is 2. The van der Waals surface area contributed by atoms with Gasteiger partial charge in [0.25, 0.3) is 0 Å². The van der Waals surface area contributed by atoms with Crippen LogP contribution in [0.1, 0.15) is 5.56 Å². The molecule has 0 radical (unpaired) electrons. The van der Waals surface area contributed by atoms with Crippen molar-refractivity contribution in [2.45, 2.75) is 11.4 Å². The lowest BCUT2D eigenvalue weighted by molar-refractivity contribution is 0.458. The van der Waals surface area contributed by atoms with Gasteiger partial charge < -0.3 is 5.73 Å². The standard InChI is InChI=1S/C14H14F2N2O2S/c1-18(9-10-3-2-4-12(17)7-10)21(19,20)14-8-11(15)5-6-13(14)16/h2-8H,9,17H2,1H3. The molecule has 2 aromatic carbocycles. The molecule has 0 unspecified atom stereocenters. The lowest BCUT2D eigenvalue weighted by Gasteiger charge is -2.18. The summed E-state index contributed by atoms with van der Waals surface area (Å²) in [6.45, 7) is 0.00330. The molecule has 112 valence electrons. The van der Waals surface area contributed by atoms with Crippen LogP contribution in [0.2, 0.25) is 0 Å². The van der Waals surface area contributed by atoms with E-state index in [1.807, 2.05) is 0 Å². The molecule has 4 nitrogen and oxygen atoms in total. The summed E-state index contributed by atoms with van der Waals surface area (Å²) in [6.07, 6.45) is 0. The van der Waals surface area contributed by atoms with E-state index in [0.29, 0.717) is 17.3 Å². The van der Waals surface area contributed by atoms with E-state index in [2.05, 4.69) is 0 Å². The zero-order valence-corrected chi connectivity index (χ0v) is 12.1. The first kappa shape index (κ1) is 15.4. The molecular weight excluding hydrogens is 298 g/mol. The monoisotopic (exact) mass is 312 g/mol. The summed E-state index contributed by atoms with van der Waals surface area (Å²) < 4.78 is 52.3. The third-order valence-corrected chi connectivity index (χ3v) is 4.76. The van der Waals surface area contributed by atoms with Crippen LogP contribution in [-0.4, -0.2) is 19.8 Å². The van der Waals surface area contributed by atoms with Crippen LogP contribution in [0.4, 0.5) is 14.5 Å². The number of nitrogen functional groups attached to an aromatic ring is 1. The average Bonchev–Trinajstić information content (AvgIpc) is 2.41. The summed E-state index contributed by atoms with van der Waals surface area (Å²) in [6, 6.07) is 9.00. The third kappa shape index (κ3) is 3.37. The van der Waals surface area contributed by atoms with Crippen molar-refractivity contribution < 1.29 is 17.2 Å². The number of nitrogens with two attached hydrogens (primary N) is 1. The quantitative estimate of drug-likeness (QED) is 0.882. The van der Waals surface area contributed by atoms with E-state index in [1.165, 1.54) is 7.05 Å². The Bertz CT molecular complexity index is 763. The number of hydrogen-bond acceptors (Lipinski definition) is 3. The fourth-order valence-corrected chi connectivity index (χ4v) is 3.11. The van der Waals surface area contributed by atoms with Crippen molar-refractivity contribution in [3.63, 3.8) is 0 Å². The lowest BCUT2D eigenvalue weighted by atomic mass is 10.2. The van der Waals surface area contributed by atoms with Gasteiger partial charge in [-0.15, -0.1) is 0 Å². The number of halogens is 2. The molecule has 0 spiro atoms. The summed E-state index contributed by atoms with van der Waals surface area (Å²) in [5, 5.41) is 0. The van der Waals surface area contributed by atoms with Crippen LogP contribution in [0.3, 0.4) is 0 Å². The fraction of sp³-hybridized carbons (Fsp3) is 0.143. The topological polar surface area (TPSA) is 63.4 Å². The predicted molar refractivity (Wildman–Crippen MR) is 75.9 cm³/mol. The van der Waals surface area contributed by atoms with E-state index in [9.17, 15) is 17.2 Å². The van der Waals surface area contributed by atoms with Crippen LogP contribution in [0, 0.1) is 11.6 Å². The van der Waals surface area contributed by atoms with Crippen molar-refractivity contribution in [3.8, 4) is 0 Å². The Labute approximate surface area is 121 Å². The minimum Gasteiger partial charge on any atom is -0.399 e. The molecule has 0 aromatic heterocycles. The summed E-state index contributed by atoms with van der Waals surface area (Å²) in [5.41, 5.74) is 6.77. The van der Waals surface area contributed by atoms with Gasteiger partial charge in [-0.1, -0.05) is 12.1 Å². The molecular formula is C14H14F2N2O2S. The molecule has 2 aromatic rings. The molecule has 0 amide bonds. The number of hydrogen-bond donors (Lipinski definition) is 1. The molecule has 0 saturated heterocycles. The third-order valence-electron chi connectivity index (χ3n) is 2.94. The van der Waals surface area contributed by atoms with Gasteiger partial charge >= 0.3 is 0 Å². The van der Waals surface area contributed by atoms with Gasteiger partial charge in [0.05, 0.1) is 0 Å². The van der Waals surface area contributed by atoms with E-state index in [0.717, 1.165) is 16.4 Å². The zero-order chi connectivity index (χ0) is 15.6. The van der Waals surface area contributed by atoms with Crippen LogP contribution in [0.5, 0.6) is 0 Å². The minimum atomic E-state index is -4.13. The summed E-state index contributed by atoms with van der Waals surface area (Å²) in [4.78, 5) is -0.686. The van der Waals surface area contributed by atoms with Crippen molar-refractivity contribution in [1.82, 2.24) is 4.31 Å². The zero-order valence-electron chi connectivity index (χ0n) is 11.3. The van der Waals surface area contributed by atoms with Crippen molar-refractivity contribution in [1.29, 1.82) is 0 Å². The van der Waals surface area contributed by atoms with Crippen LogP contribution in [0.15, 0.2) is 47.4 Å². The first-order chi connectivity index (χ1) is 9.80. The molecule has 0 saturated carbocycles. The Morgan fingerprint density at radius 2 is 1.86 bits per heavy atom. The highest BCUT2D eigenvalue weighted by Gasteiger charge is 2.25. The number of anilines is 1. The maximum atomic E-state index is 13.6. The van der Waals surface area contributed by atoms with E-state index < -0.39 is 26.6 Å². The molecule has 0 fully saturated rings. The molecule has 0 heterocycles. The second-order valence-corrected chi connectivity index (χ2v) is 6.59. The summed E-state index contributed by atoms with van der Waals surface area (Å²) in [5.74, 6) is -1.80. The minimum absolute atomic E-state index is 0.00330. The van der Waals surface area contributed by atoms with Gasteiger partial charge in [-0.25, -0.2) is 17.2 Å². The molecule has 0 aliphatic heterocycles. The highest BCUT2D eigenvalue weighted by Crippen LogP contribution is 2.21. The second-order valence-electron chi connectivity index (χ2n) is 4.58. The Morgan fingerprint density at radius 3 is 2.52 bits per heavy atom. The SMILES string of the molecule is CN(Cc1cccc(N)c1)S(=O)(=O)c1cc(F)ccc1F. The van der Waals surface area contributed by atoms with Crippen LogP contribution in [-0.2, 0) is 16.6 Å². The largest absolute Gasteiger partial charge is 0.399 e. The van der Waals surface area contributed by atoms with Crippen molar-refractivity contribution >= 4 is 15.7 Å². The van der Waals surface area contributed by atoms with E-state index in [1.54, 1.807) is 24.3 Å². The van der Waals surface area contributed by atoms with E-state index in [4.69, 9.17) is 5.73 Å². The van der Waals surface area contributed by atoms with Crippen molar-refractivity contribution in [2.75, 3.05) is 12.8 Å². The maximum Gasteiger partial charge on any atom is 0.246 e. The van der Waals surface area contributed by atoms with Gasteiger partial charge in [0.15, 0.2) is 0 Å². The van der Waals surface area contributed by atoms with Crippen LogP contribution >= 0.6 is 0 Å². The first-order valence-corrected chi connectivity index (χ1v) is 7.50. The smallest absolute Gasteiger partial charge is 0.246 e. The number of sulfonamides is 1. The molecule has 2 rings (SSSR count). The van der Waals surface area contributed by atoms with Gasteiger partial charge in [-0.05, 0) is 35.9 Å². The summed E-state index contributed by atoms with van der Waals surface area (Å²) >= 11 is 0. The second kappa shape index (κ2) is 5.79. The Kier molecular flexibility index (Phi) is 4.24. The van der Waals surface area contributed by atoms with Crippen LogP contribution < -0.4 is 5.73 Å². The molecule has 2 N–H and O–H groups in total. The first-order valence-electron chi connectivity index (χ1n) is 6.06. The summed E-state index contributed by atoms with van der Waals surface area (Å²) in [7, 11) is -2.83. The van der Waals surface area contributed by atoms with Gasteiger partial charge in [-0.3, -0.25) is 0 Å². The van der Waals surface area contributed by atoms with Gasteiger partial charge in [0.2, 0.25) is 10.0 Å². The Morgan fingerprint density at radius 1 is 1.14 bits per heavy atom. The predicted octanol–water partition coefficient (Wildman–Crippen LogP) is 2.37. The Balaban J connectivity index is 2.33. The average molecular weight is 312 g/mol. The molecule has 0 aliphatic carbocycles. The maximum absolute atomic E-state index is 13.6. The van der Waals surface area contributed by atoms with Crippen molar-refractivity contribution in [2.24, 2.45) is 0 Å². The molecule has 0 aliphatic rings. The normalized spacial score (nSPS) is 11.8. The van der Waals surface area contributed by atoms with Gasteiger partial charge in [0.1, 0.15) is 16.5 Å². The molecule has 0 bridgehead atoms. The number of nitrogens with zero attached hydrogens (tertiary/aromatic N) is 1. The van der Waals surface area contributed by atoms with Crippen molar-refractivity contribution in [3.05, 3.63) is 59.7 Å². The van der Waals surface area contributed by atoms with E-state index in [-0.39, 0.29) is 6.54 Å². The Hall–Kier alpha value is -1.99. The van der Waals surface area contributed by atoms with Crippen LogP contribution in [0.25, 0.3) is 0 Å².